The summed E-state index contributed by atoms with van der Waals surface area (Å²) in [4.78, 5) is 35.5. The van der Waals surface area contributed by atoms with E-state index in [-0.39, 0.29) is 22.5 Å². The number of nitro groups is 1. The Hall–Kier alpha value is -2.50. The molecule has 0 spiro atoms. The molecule has 6 heteroatoms. The summed E-state index contributed by atoms with van der Waals surface area (Å²) in [5.74, 6) is -2.49. The van der Waals surface area contributed by atoms with Gasteiger partial charge in [0.05, 0.1) is 11.5 Å². The molecule has 2 aliphatic carbocycles. The summed E-state index contributed by atoms with van der Waals surface area (Å²) in [5, 5.41) is 21.7. The van der Waals surface area contributed by atoms with E-state index in [9.17, 15) is 24.8 Å². The molecule has 0 bridgehead atoms. The first kappa shape index (κ1) is 14.4. The third-order valence-electron chi connectivity index (χ3n) is 4.50. The number of ketones is 2. The van der Waals surface area contributed by atoms with Gasteiger partial charge in [-0.3, -0.25) is 19.7 Å². The third-order valence-corrected chi connectivity index (χ3v) is 4.50. The van der Waals surface area contributed by atoms with Gasteiger partial charge in [-0.1, -0.05) is 30.7 Å². The Kier molecular flexibility index (Phi) is 3.52. The number of hydrogen-bond acceptors (Lipinski definition) is 5. The fraction of sp³-hybridized carbons (Fsp3) is 0.375. The molecule has 0 unspecified atom stereocenters. The first-order valence-corrected chi connectivity index (χ1v) is 7.27. The van der Waals surface area contributed by atoms with Gasteiger partial charge in [0.15, 0.2) is 0 Å². The summed E-state index contributed by atoms with van der Waals surface area (Å²) in [6.07, 6.45) is 2.26. The highest BCUT2D eigenvalue weighted by Crippen LogP contribution is 2.39. The molecule has 0 aliphatic heterocycles. The Bertz CT molecular complexity index is 706. The maximum Gasteiger partial charge on any atom is 0.234 e. The van der Waals surface area contributed by atoms with Crippen LogP contribution >= 0.6 is 0 Å². The van der Waals surface area contributed by atoms with Crippen molar-refractivity contribution in [1.82, 2.24) is 0 Å². The van der Waals surface area contributed by atoms with Gasteiger partial charge in [0.25, 0.3) is 0 Å². The fourth-order valence-corrected chi connectivity index (χ4v) is 3.43. The van der Waals surface area contributed by atoms with Crippen LogP contribution < -0.4 is 0 Å². The zero-order chi connectivity index (χ0) is 15.9. The van der Waals surface area contributed by atoms with Crippen LogP contribution in [0, 0.1) is 16.0 Å². The van der Waals surface area contributed by atoms with Gasteiger partial charge in [0, 0.05) is 22.5 Å². The minimum Gasteiger partial charge on any atom is -0.507 e. The second kappa shape index (κ2) is 5.36. The van der Waals surface area contributed by atoms with E-state index in [0.29, 0.717) is 12.8 Å². The van der Waals surface area contributed by atoms with Crippen LogP contribution in [0.5, 0.6) is 0 Å². The summed E-state index contributed by atoms with van der Waals surface area (Å²) >= 11 is 0. The molecule has 0 amide bonds. The molecule has 1 fully saturated rings. The van der Waals surface area contributed by atoms with Crippen LogP contribution in [0.3, 0.4) is 0 Å². The summed E-state index contributed by atoms with van der Waals surface area (Å²) in [7, 11) is 0. The van der Waals surface area contributed by atoms with E-state index in [2.05, 4.69) is 0 Å². The Morgan fingerprint density at radius 3 is 2.36 bits per heavy atom. The Labute approximate surface area is 126 Å². The number of carbonyl (C=O) groups excluding carboxylic acids is 2. The standard InChI is InChI=1S/C16H15NO5/c18-14-9-5-1-2-6-10(9)15(19)16(20)13(14)11-7-3-4-8-12(11)17(21)22/h1-2,5-6,11-12,18H,3-4,7-8H2/t11-,12-/m1/s1. The highest BCUT2D eigenvalue weighted by atomic mass is 16.6. The molecule has 2 atom stereocenters. The normalized spacial score (nSPS) is 25.1. The van der Waals surface area contributed by atoms with Crippen molar-refractivity contribution < 1.29 is 19.6 Å². The molecule has 22 heavy (non-hydrogen) atoms. The maximum absolute atomic E-state index is 12.4. The van der Waals surface area contributed by atoms with Crippen LogP contribution in [0.25, 0.3) is 5.76 Å². The minimum atomic E-state index is -0.923. The Morgan fingerprint density at radius 1 is 1.05 bits per heavy atom. The van der Waals surface area contributed by atoms with Crippen LogP contribution in [0.15, 0.2) is 29.8 Å². The average molecular weight is 301 g/mol. The third kappa shape index (κ3) is 2.11. The lowest BCUT2D eigenvalue weighted by Gasteiger charge is -2.29. The zero-order valence-corrected chi connectivity index (χ0v) is 11.8. The van der Waals surface area contributed by atoms with Gasteiger partial charge in [0.1, 0.15) is 5.76 Å². The molecular formula is C16H15NO5. The number of fused-ring (bicyclic) bond motifs is 1. The van der Waals surface area contributed by atoms with Crippen LogP contribution in [-0.2, 0) is 4.79 Å². The van der Waals surface area contributed by atoms with Crippen molar-refractivity contribution in [3.05, 3.63) is 51.1 Å². The number of aliphatic hydroxyl groups excluding tert-OH is 1. The van der Waals surface area contributed by atoms with Crippen molar-refractivity contribution in [3.8, 4) is 0 Å². The second-order valence-corrected chi connectivity index (χ2v) is 5.71. The average Bonchev–Trinajstić information content (AvgIpc) is 2.53. The highest BCUT2D eigenvalue weighted by Gasteiger charge is 2.44. The molecule has 6 nitrogen and oxygen atoms in total. The quantitative estimate of drug-likeness (QED) is 0.514. The van der Waals surface area contributed by atoms with Crippen molar-refractivity contribution in [2.75, 3.05) is 0 Å². The van der Waals surface area contributed by atoms with E-state index in [0.717, 1.165) is 12.8 Å². The van der Waals surface area contributed by atoms with Crippen molar-refractivity contribution >= 4 is 17.3 Å². The van der Waals surface area contributed by atoms with Gasteiger partial charge >= 0.3 is 0 Å². The number of rotatable bonds is 2. The van der Waals surface area contributed by atoms with Gasteiger partial charge in [-0.15, -0.1) is 0 Å². The first-order valence-electron chi connectivity index (χ1n) is 7.27. The first-order chi connectivity index (χ1) is 10.5. The molecule has 0 heterocycles. The van der Waals surface area contributed by atoms with Crippen molar-refractivity contribution in [2.45, 2.75) is 31.7 Å². The lowest BCUT2D eigenvalue weighted by molar-refractivity contribution is -0.533. The smallest absolute Gasteiger partial charge is 0.234 e. The van der Waals surface area contributed by atoms with Gasteiger partial charge in [-0.2, -0.15) is 0 Å². The summed E-state index contributed by atoms with van der Waals surface area (Å²) < 4.78 is 0. The molecule has 1 aromatic carbocycles. The van der Waals surface area contributed by atoms with E-state index < -0.39 is 28.4 Å². The topological polar surface area (TPSA) is 97.5 Å². The maximum atomic E-state index is 12.4. The van der Waals surface area contributed by atoms with Crippen molar-refractivity contribution in [1.29, 1.82) is 0 Å². The van der Waals surface area contributed by atoms with E-state index in [1.807, 2.05) is 0 Å². The van der Waals surface area contributed by atoms with E-state index in [1.54, 1.807) is 18.2 Å². The molecule has 1 N–H and O–H groups in total. The van der Waals surface area contributed by atoms with Crippen LogP contribution in [0.2, 0.25) is 0 Å². The van der Waals surface area contributed by atoms with Crippen molar-refractivity contribution in [3.63, 3.8) is 0 Å². The predicted molar refractivity (Wildman–Crippen MR) is 78.1 cm³/mol. The van der Waals surface area contributed by atoms with Crippen LogP contribution in [0.4, 0.5) is 0 Å². The number of nitrogens with zero attached hydrogens (tertiary/aromatic N) is 1. The molecule has 114 valence electrons. The predicted octanol–water partition coefficient (Wildman–Crippen LogP) is 2.56. The monoisotopic (exact) mass is 301 g/mol. The van der Waals surface area contributed by atoms with Crippen molar-refractivity contribution in [2.24, 2.45) is 5.92 Å². The van der Waals surface area contributed by atoms with E-state index in [4.69, 9.17) is 0 Å². The SMILES string of the molecule is O=C1C(=O)c2ccccc2C(O)=C1[C@@H]1CCCC[C@H]1[N+](=O)[O-]. The number of benzene rings is 1. The number of Topliss-reactive ketones (excluding diaryl/α,β-unsaturated/α-hetero) is 2. The van der Waals surface area contributed by atoms with E-state index >= 15 is 0 Å². The van der Waals surface area contributed by atoms with Gasteiger partial charge in [-0.25, -0.2) is 0 Å². The van der Waals surface area contributed by atoms with Gasteiger partial charge in [-0.05, 0) is 12.8 Å². The zero-order valence-electron chi connectivity index (χ0n) is 11.8. The molecular weight excluding hydrogens is 286 g/mol. The second-order valence-electron chi connectivity index (χ2n) is 5.71. The molecule has 0 saturated heterocycles. The van der Waals surface area contributed by atoms with Gasteiger partial charge in [0.2, 0.25) is 17.6 Å². The molecule has 2 aliphatic rings. The van der Waals surface area contributed by atoms with Gasteiger partial charge < -0.3 is 5.11 Å². The molecule has 1 saturated carbocycles. The number of hydrogen-bond donors (Lipinski definition) is 1. The summed E-state index contributed by atoms with van der Waals surface area (Å²) in [6.45, 7) is 0. The molecule has 3 rings (SSSR count). The Morgan fingerprint density at radius 2 is 1.68 bits per heavy atom. The molecule has 1 aromatic rings. The molecule has 0 aromatic heterocycles. The molecule has 0 radical (unpaired) electrons. The van der Waals surface area contributed by atoms with Crippen LogP contribution in [0.1, 0.15) is 41.6 Å². The number of carbonyl (C=O) groups is 2. The lowest BCUT2D eigenvalue weighted by atomic mass is 9.74. The largest absolute Gasteiger partial charge is 0.507 e. The number of aliphatic hydroxyl groups is 1. The van der Waals surface area contributed by atoms with Crippen LogP contribution in [-0.4, -0.2) is 27.6 Å². The highest BCUT2D eigenvalue weighted by molar-refractivity contribution is 6.52. The summed E-state index contributed by atoms with van der Waals surface area (Å²) in [5.41, 5.74) is 0.363. The van der Waals surface area contributed by atoms with E-state index in [1.165, 1.54) is 6.07 Å². The minimum absolute atomic E-state index is 0.0786. The summed E-state index contributed by atoms with van der Waals surface area (Å²) in [6, 6.07) is 5.38. The fourth-order valence-electron chi connectivity index (χ4n) is 3.43. The lowest BCUT2D eigenvalue weighted by Crippen LogP contribution is -2.38. The Balaban J connectivity index is 2.14.